The number of esters is 1. The van der Waals surface area contributed by atoms with Crippen LogP contribution in [0.3, 0.4) is 0 Å². The standard InChI is InChI=1S/C5H2Br3Cl3O3/c6-4(7,8)3-13-1(2(12)14-3)5(9,10)11/h1,3H/t1-,3-/m1/s1. The van der Waals surface area contributed by atoms with Gasteiger partial charge in [-0.25, -0.2) is 4.79 Å². The molecule has 1 rings (SSSR count). The fourth-order valence-electron chi connectivity index (χ4n) is 0.729. The van der Waals surface area contributed by atoms with E-state index in [4.69, 9.17) is 44.3 Å². The molecule has 82 valence electrons. The van der Waals surface area contributed by atoms with Crippen molar-refractivity contribution in [1.82, 2.24) is 0 Å². The molecule has 1 aliphatic rings. The molecular formula is C5H2Br3Cl3O3. The van der Waals surface area contributed by atoms with Gasteiger partial charge in [-0.15, -0.1) is 0 Å². The average molecular weight is 456 g/mol. The van der Waals surface area contributed by atoms with Crippen molar-refractivity contribution < 1.29 is 14.3 Å². The summed E-state index contributed by atoms with van der Waals surface area (Å²) in [5, 5.41) is 0. The van der Waals surface area contributed by atoms with Gasteiger partial charge in [0.2, 0.25) is 16.2 Å². The Morgan fingerprint density at radius 2 is 1.71 bits per heavy atom. The Morgan fingerprint density at radius 1 is 1.21 bits per heavy atom. The second-order valence-corrected chi connectivity index (χ2v) is 11.7. The molecule has 1 aliphatic heterocycles. The molecule has 1 fully saturated rings. The topological polar surface area (TPSA) is 35.5 Å². The third-order valence-electron chi connectivity index (χ3n) is 1.26. The molecule has 0 amide bonds. The molecule has 0 aromatic heterocycles. The quantitative estimate of drug-likeness (QED) is 0.414. The van der Waals surface area contributed by atoms with Gasteiger partial charge in [-0.3, -0.25) is 0 Å². The highest BCUT2D eigenvalue weighted by Gasteiger charge is 2.53. The van der Waals surface area contributed by atoms with E-state index in [9.17, 15) is 4.79 Å². The van der Waals surface area contributed by atoms with Gasteiger partial charge in [-0.1, -0.05) is 82.6 Å². The van der Waals surface area contributed by atoms with Crippen LogP contribution in [0.25, 0.3) is 0 Å². The van der Waals surface area contributed by atoms with E-state index in [-0.39, 0.29) is 0 Å². The van der Waals surface area contributed by atoms with E-state index in [1.54, 1.807) is 0 Å². The second kappa shape index (κ2) is 4.55. The molecule has 0 radical (unpaired) electrons. The zero-order valence-electron chi connectivity index (χ0n) is 6.15. The van der Waals surface area contributed by atoms with Crippen molar-refractivity contribution in [2.75, 3.05) is 0 Å². The van der Waals surface area contributed by atoms with Crippen molar-refractivity contribution in [3.63, 3.8) is 0 Å². The van der Waals surface area contributed by atoms with Gasteiger partial charge in [0.15, 0.2) is 2.14 Å². The smallest absolute Gasteiger partial charge is 0.342 e. The second-order valence-electron chi connectivity index (χ2n) is 2.37. The first-order chi connectivity index (χ1) is 6.12. The molecule has 0 unspecified atom stereocenters. The summed E-state index contributed by atoms with van der Waals surface area (Å²) in [4.78, 5) is 11.2. The van der Waals surface area contributed by atoms with Crippen LogP contribution in [0.2, 0.25) is 0 Å². The Bertz CT molecular complexity index is 249. The van der Waals surface area contributed by atoms with Gasteiger partial charge in [-0.05, 0) is 0 Å². The monoisotopic (exact) mass is 452 g/mol. The number of alkyl halides is 6. The molecule has 1 heterocycles. The van der Waals surface area contributed by atoms with Crippen LogP contribution in [0.5, 0.6) is 0 Å². The highest BCUT2D eigenvalue weighted by Crippen LogP contribution is 2.45. The molecule has 0 aromatic rings. The molecule has 1 saturated heterocycles. The van der Waals surface area contributed by atoms with Gasteiger partial charge in [0.1, 0.15) is 0 Å². The van der Waals surface area contributed by atoms with Crippen LogP contribution in [0.15, 0.2) is 0 Å². The van der Waals surface area contributed by atoms with Crippen LogP contribution in [0.1, 0.15) is 0 Å². The van der Waals surface area contributed by atoms with Crippen molar-refractivity contribution in [1.29, 1.82) is 0 Å². The molecule has 0 saturated carbocycles. The summed E-state index contributed by atoms with van der Waals surface area (Å²) in [5.41, 5.74) is 0. The number of ether oxygens (including phenoxy) is 2. The Balaban J connectivity index is 2.75. The van der Waals surface area contributed by atoms with Crippen LogP contribution >= 0.6 is 82.6 Å². The molecular weight excluding hydrogens is 454 g/mol. The minimum Gasteiger partial charge on any atom is -0.430 e. The summed E-state index contributed by atoms with van der Waals surface area (Å²) in [6, 6.07) is 0. The Labute approximate surface area is 120 Å². The maximum atomic E-state index is 11.2. The maximum absolute atomic E-state index is 11.2. The molecule has 2 atom stereocenters. The van der Waals surface area contributed by atoms with E-state index in [2.05, 4.69) is 47.8 Å². The SMILES string of the molecule is O=C1O[C@H](C(Br)(Br)Br)O[C@H]1C(Cl)(Cl)Cl. The number of halogens is 6. The number of cyclic esters (lactones) is 1. The first kappa shape index (κ1) is 13.8. The van der Waals surface area contributed by atoms with Crippen molar-refractivity contribution in [3.05, 3.63) is 0 Å². The van der Waals surface area contributed by atoms with Crippen LogP contribution in [-0.2, 0) is 14.3 Å². The molecule has 3 nitrogen and oxygen atoms in total. The van der Waals surface area contributed by atoms with E-state index in [0.29, 0.717) is 0 Å². The predicted molar refractivity (Wildman–Crippen MR) is 64.6 cm³/mol. The number of hydrogen-bond donors (Lipinski definition) is 0. The van der Waals surface area contributed by atoms with Crippen molar-refractivity contribution >= 4 is 88.6 Å². The van der Waals surface area contributed by atoms with Gasteiger partial charge in [0.25, 0.3) is 0 Å². The van der Waals surface area contributed by atoms with E-state index in [0.717, 1.165) is 0 Å². The lowest BCUT2D eigenvalue weighted by Gasteiger charge is -2.19. The molecule has 0 N–H and O–H groups in total. The van der Waals surface area contributed by atoms with Crippen LogP contribution in [0, 0.1) is 0 Å². The first-order valence-electron chi connectivity index (χ1n) is 3.12. The molecule has 0 bridgehead atoms. The van der Waals surface area contributed by atoms with Crippen molar-refractivity contribution in [3.8, 4) is 0 Å². The molecule has 14 heavy (non-hydrogen) atoms. The summed E-state index contributed by atoms with van der Waals surface area (Å²) >= 11 is 25.9. The summed E-state index contributed by atoms with van der Waals surface area (Å²) in [5.74, 6) is -0.724. The number of rotatable bonds is 0. The molecule has 9 heteroatoms. The van der Waals surface area contributed by atoms with Crippen molar-refractivity contribution in [2.45, 2.75) is 18.3 Å². The summed E-state index contributed by atoms with van der Waals surface area (Å²) in [7, 11) is 0. The van der Waals surface area contributed by atoms with E-state index in [1.165, 1.54) is 0 Å². The minimum atomic E-state index is -1.84. The van der Waals surface area contributed by atoms with Gasteiger partial charge in [-0.2, -0.15) is 0 Å². The lowest BCUT2D eigenvalue weighted by molar-refractivity contribution is -0.142. The highest BCUT2D eigenvalue weighted by atomic mass is 80.0. The fourth-order valence-corrected chi connectivity index (χ4v) is 1.75. The molecule has 0 spiro atoms. The van der Waals surface area contributed by atoms with E-state index >= 15 is 0 Å². The summed E-state index contributed by atoms with van der Waals surface area (Å²) in [6.45, 7) is 0. The largest absolute Gasteiger partial charge is 0.430 e. The molecule has 0 aromatic carbocycles. The first-order valence-corrected chi connectivity index (χ1v) is 6.63. The van der Waals surface area contributed by atoms with Crippen LogP contribution < -0.4 is 0 Å². The van der Waals surface area contributed by atoms with Crippen LogP contribution in [0.4, 0.5) is 0 Å². The highest BCUT2D eigenvalue weighted by molar-refractivity contribution is 9.39. The van der Waals surface area contributed by atoms with Crippen LogP contribution in [-0.4, -0.2) is 24.3 Å². The third-order valence-corrected chi connectivity index (χ3v) is 2.98. The number of carbonyl (C=O) groups is 1. The maximum Gasteiger partial charge on any atom is 0.342 e. The molecule has 0 aliphatic carbocycles. The Morgan fingerprint density at radius 3 is 1.93 bits per heavy atom. The number of hydrogen-bond acceptors (Lipinski definition) is 3. The predicted octanol–water partition coefficient (Wildman–Crippen LogP) is 3.46. The van der Waals surface area contributed by atoms with E-state index < -0.39 is 24.3 Å². The van der Waals surface area contributed by atoms with Gasteiger partial charge in [0.05, 0.1) is 0 Å². The van der Waals surface area contributed by atoms with Gasteiger partial charge < -0.3 is 9.47 Å². The lowest BCUT2D eigenvalue weighted by atomic mass is 10.4. The Hall–Kier alpha value is 1.74. The minimum absolute atomic E-state index is 0.724. The third kappa shape index (κ3) is 3.37. The summed E-state index contributed by atoms with van der Waals surface area (Å²) in [6.07, 6.45) is -2.15. The zero-order valence-corrected chi connectivity index (χ0v) is 13.2. The fraction of sp³-hybridized carbons (Fsp3) is 0.800. The number of carbonyl (C=O) groups excluding carboxylic acids is 1. The Kier molecular flexibility index (Phi) is 4.48. The average Bonchev–Trinajstić information content (AvgIpc) is 2.27. The van der Waals surface area contributed by atoms with E-state index in [1.807, 2.05) is 0 Å². The van der Waals surface area contributed by atoms with Gasteiger partial charge in [0, 0.05) is 0 Å². The summed E-state index contributed by atoms with van der Waals surface area (Å²) < 4.78 is 7.17. The van der Waals surface area contributed by atoms with Gasteiger partial charge >= 0.3 is 5.97 Å². The van der Waals surface area contributed by atoms with Crippen molar-refractivity contribution in [2.24, 2.45) is 0 Å². The normalized spacial score (nSPS) is 29.1. The zero-order chi connectivity index (χ0) is 11.1. The lowest BCUT2D eigenvalue weighted by Crippen LogP contribution is -2.32.